The Morgan fingerprint density at radius 3 is 2.74 bits per heavy atom. The summed E-state index contributed by atoms with van der Waals surface area (Å²) in [6, 6.07) is 1.71. The van der Waals surface area contributed by atoms with Crippen molar-refractivity contribution in [1.82, 2.24) is 0 Å². The highest BCUT2D eigenvalue weighted by Crippen LogP contribution is 2.38. The Bertz CT molecular complexity index is 627. The average molecular weight is 352 g/mol. The highest BCUT2D eigenvalue weighted by molar-refractivity contribution is 6.32. The fourth-order valence-electron chi connectivity index (χ4n) is 1.99. The molecule has 1 aromatic carbocycles. The molecule has 0 radical (unpaired) electrons. The zero-order valence-electron chi connectivity index (χ0n) is 11.8. The van der Waals surface area contributed by atoms with E-state index < -0.39 is 29.5 Å². The van der Waals surface area contributed by atoms with Gasteiger partial charge in [-0.2, -0.15) is 8.78 Å². The third-order valence-electron chi connectivity index (χ3n) is 3.21. The fraction of sp³-hybridized carbons (Fsp3) is 0.462. The number of rotatable bonds is 7. The molecule has 23 heavy (non-hydrogen) atoms. The van der Waals surface area contributed by atoms with Crippen molar-refractivity contribution >= 4 is 17.6 Å². The van der Waals surface area contributed by atoms with Gasteiger partial charge >= 0.3 is 12.6 Å². The molecule has 0 spiro atoms. The second-order valence-electron chi connectivity index (χ2n) is 4.79. The van der Waals surface area contributed by atoms with Crippen LogP contribution >= 0.6 is 11.6 Å². The van der Waals surface area contributed by atoms with Crippen LogP contribution in [0.5, 0.6) is 11.5 Å². The van der Waals surface area contributed by atoms with Crippen molar-refractivity contribution in [3.63, 3.8) is 0 Å². The highest BCUT2D eigenvalue weighted by atomic mass is 35.5. The van der Waals surface area contributed by atoms with Gasteiger partial charge in [-0.3, -0.25) is 14.9 Å². The number of carbonyl (C=O) groups excluding carboxylic acids is 1. The Balaban J connectivity index is 2.02. The fourth-order valence-corrected chi connectivity index (χ4v) is 2.27. The molecule has 2 rings (SSSR count). The number of esters is 1. The molecule has 1 aliphatic rings. The van der Waals surface area contributed by atoms with Crippen LogP contribution in [0.2, 0.25) is 5.02 Å². The lowest BCUT2D eigenvalue weighted by molar-refractivity contribution is -0.497. The molecule has 0 amide bonds. The van der Waals surface area contributed by atoms with E-state index in [2.05, 4.69) is 4.74 Å². The number of hydrogen-bond donors (Lipinski definition) is 0. The summed E-state index contributed by atoms with van der Waals surface area (Å²) >= 11 is 5.84. The third-order valence-corrected chi connectivity index (χ3v) is 3.49. The maximum atomic E-state index is 12.3. The lowest BCUT2D eigenvalue weighted by Crippen LogP contribution is -2.13. The molecule has 2 atom stereocenters. The van der Waals surface area contributed by atoms with Crippen LogP contribution in [0.4, 0.5) is 8.78 Å². The van der Waals surface area contributed by atoms with Crippen molar-refractivity contribution < 1.29 is 32.7 Å². The van der Waals surface area contributed by atoms with E-state index in [1.807, 2.05) is 0 Å². The summed E-state index contributed by atoms with van der Waals surface area (Å²) in [4.78, 5) is 21.6. The second kappa shape index (κ2) is 6.95. The number of methoxy groups -OCH3 is 1. The van der Waals surface area contributed by atoms with Gasteiger partial charge in [-0.1, -0.05) is 11.6 Å². The van der Waals surface area contributed by atoms with E-state index >= 15 is 0 Å². The van der Waals surface area contributed by atoms with Crippen molar-refractivity contribution in [2.75, 3.05) is 7.11 Å². The highest BCUT2D eigenvalue weighted by Gasteiger charge is 2.54. The molecule has 1 saturated carbocycles. The largest absolute Gasteiger partial charge is 0.493 e. The summed E-state index contributed by atoms with van der Waals surface area (Å²) < 4.78 is 38.8. The Kier molecular flexibility index (Phi) is 5.19. The molecular weight excluding hydrogens is 340 g/mol. The van der Waals surface area contributed by atoms with Gasteiger partial charge in [-0.25, -0.2) is 0 Å². The van der Waals surface area contributed by atoms with Gasteiger partial charge < -0.3 is 14.2 Å². The normalized spacial score (nSPS) is 19.3. The lowest BCUT2D eigenvalue weighted by atomic mass is 10.2. The minimum Gasteiger partial charge on any atom is -0.493 e. The number of carbonyl (C=O) groups is 1. The van der Waals surface area contributed by atoms with Crippen LogP contribution in [0.1, 0.15) is 12.0 Å². The SMILES string of the molecule is COc1cc(COC(=O)C2CC2[N+](=O)[O-])cc(Cl)c1OC(F)F. The Morgan fingerprint density at radius 2 is 2.22 bits per heavy atom. The first-order chi connectivity index (χ1) is 10.8. The van der Waals surface area contributed by atoms with Crippen molar-refractivity contribution in [2.24, 2.45) is 5.92 Å². The van der Waals surface area contributed by atoms with E-state index in [1.54, 1.807) is 0 Å². The molecule has 0 aromatic heterocycles. The van der Waals surface area contributed by atoms with E-state index in [4.69, 9.17) is 21.1 Å². The maximum Gasteiger partial charge on any atom is 0.387 e. The molecule has 10 heteroatoms. The van der Waals surface area contributed by atoms with Gasteiger partial charge in [0.1, 0.15) is 12.5 Å². The van der Waals surface area contributed by atoms with E-state index in [0.717, 1.165) is 0 Å². The first-order valence-corrected chi connectivity index (χ1v) is 6.82. The van der Waals surface area contributed by atoms with Crippen LogP contribution in [0.25, 0.3) is 0 Å². The predicted octanol–water partition coefficient (Wildman–Crippen LogP) is 2.66. The molecule has 1 aromatic rings. The minimum absolute atomic E-state index is 0.0431. The van der Waals surface area contributed by atoms with Gasteiger partial charge in [0, 0.05) is 11.3 Å². The van der Waals surface area contributed by atoms with Gasteiger partial charge in [0.05, 0.1) is 12.1 Å². The smallest absolute Gasteiger partial charge is 0.387 e. The summed E-state index contributed by atoms with van der Waals surface area (Å²) in [7, 11) is 1.24. The van der Waals surface area contributed by atoms with Crippen LogP contribution in [-0.2, 0) is 16.1 Å². The summed E-state index contributed by atoms with van der Waals surface area (Å²) in [5, 5.41) is 10.4. The van der Waals surface area contributed by atoms with Gasteiger partial charge in [0.2, 0.25) is 6.04 Å². The molecule has 0 saturated heterocycles. The zero-order chi connectivity index (χ0) is 17.1. The van der Waals surface area contributed by atoms with Crippen LogP contribution < -0.4 is 9.47 Å². The Hall–Kier alpha value is -2.16. The predicted molar refractivity (Wildman–Crippen MR) is 73.3 cm³/mol. The van der Waals surface area contributed by atoms with E-state index in [0.29, 0.717) is 5.56 Å². The average Bonchev–Trinajstić information content (AvgIpc) is 3.27. The van der Waals surface area contributed by atoms with Gasteiger partial charge in [-0.15, -0.1) is 0 Å². The summed E-state index contributed by atoms with van der Waals surface area (Å²) in [6.07, 6.45) is 0.150. The van der Waals surface area contributed by atoms with Crippen molar-refractivity contribution in [1.29, 1.82) is 0 Å². The van der Waals surface area contributed by atoms with Crippen molar-refractivity contribution in [2.45, 2.75) is 25.7 Å². The topological polar surface area (TPSA) is 87.9 Å². The van der Waals surface area contributed by atoms with Crippen LogP contribution in [-0.4, -0.2) is 30.7 Å². The Morgan fingerprint density at radius 1 is 1.52 bits per heavy atom. The van der Waals surface area contributed by atoms with E-state index in [1.165, 1.54) is 19.2 Å². The van der Waals surface area contributed by atoms with E-state index in [9.17, 15) is 23.7 Å². The van der Waals surface area contributed by atoms with Crippen molar-refractivity contribution in [3.8, 4) is 11.5 Å². The van der Waals surface area contributed by atoms with Gasteiger partial charge in [0.25, 0.3) is 0 Å². The number of halogens is 3. The maximum absolute atomic E-state index is 12.3. The lowest BCUT2D eigenvalue weighted by Gasteiger charge is -2.13. The first-order valence-electron chi connectivity index (χ1n) is 6.44. The molecule has 0 bridgehead atoms. The van der Waals surface area contributed by atoms with Crippen LogP contribution in [0, 0.1) is 16.0 Å². The second-order valence-corrected chi connectivity index (χ2v) is 5.20. The number of nitro groups is 1. The standard InChI is InChI=1S/C13H12ClF2NO6/c1-21-10-3-6(2-8(14)11(10)23-13(15)16)5-22-12(18)7-4-9(7)17(19)20/h2-3,7,9,13H,4-5H2,1H3. The van der Waals surface area contributed by atoms with Crippen LogP contribution in [0.3, 0.4) is 0 Å². The molecule has 0 N–H and O–H groups in total. The van der Waals surface area contributed by atoms with Crippen LogP contribution in [0.15, 0.2) is 12.1 Å². The monoisotopic (exact) mass is 351 g/mol. The molecule has 2 unspecified atom stereocenters. The molecule has 126 valence electrons. The number of nitrogens with zero attached hydrogens (tertiary/aromatic N) is 1. The third kappa shape index (κ3) is 4.19. The molecule has 7 nitrogen and oxygen atoms in total. The summed E-state index contributed by atoms with van der Waals surface area (Å²) in [5.74, 6) is -1.80. The minimum atomic E-state index is -3.07. The Labute approximate surface area is 134 Å². The summed E-state index contributed by atoms with van der Waals surface area (Å²) in [5.41, 5.74) is 0.375. The number of alkyl halides is 2. The van der Waals surface area contributed by atoms with Crippen molar-refractivity contribution in [3.05, 3.63) is 32.8 Å². The molecule has 1 fully saturated rings. The molecular formula is C13H12ClF2NO6. The number of hydrogen-bond acceptors (Lipinski definition) is 6. The quantitative estimate of drug-likeness (QED) is 0.426. The summed E-state index contributed by atoms with van der Waals surface area (Å²) in [6.45, 7) is -3.29. The van der Waals surface area contributed by atoms with Gasteiger partial charge in [-0.05, 0) is 17.7 Å². The zero-order valence-corrected chi connectivity index (χ0v) is 12.6. The first kappa shape index (κ1) is 17.2. The van der Waals surface area contributed by atoms with E-state index in [-0.39, 0.29) is 29.5 Å². The molecule has 1 aliphatic carbocycles. The molecule has 0 aliphatic heterocycles. The van der Waals surface area contributed by atoms with Gasteiger partial charge in [0.15, 0.2) is 11.5 Å². The number of benzene rings is 1. The molecule has 0 heterocycles. The number of ether oxygens (including phenoxy) is 3.